The third-order valence-electron chi connectivity index (χ3n) is 5.09. The van der Waals surface area contributed by atoms with E-state index < -0.39 is 22.4 Å². The van der Waals surface area contributed by atoms with Crippen LogP contribution in [0.1, 0.15) is 27.6 Å². The van der Waals surface area contributed by atoms with E-state index in [1.807, 2.05) is 74.5 Å². The number of aromatic nitrogens is 3. The number of nitrogens with one attached hydrogen (secondary N) is 3. The number of nitro groups is 1. The molecule has 0 bridgehead atoms. The SMILES string of the molecule is Cc1nc(Nc2ncnc(NNC(=O)C(c3ccccc3)c3ccccc3)c2[N+](=O)[O-])sc1C. The molecule has 2 heterocycles. The number of anilines is 3. The largest absolute Gasteiger partial charge is 0.355 e. The molecule has 4 rings (SSSR count). The Hall–Kier alpha value is -4.38. The number of benzene rings is 2. The molecule has 34 heavy (non-hydrogen) atoms. The van der Waals surface area contributed by atoms with Gasteiger partial charge in [0, 0.05) is 4.88 Å². The summed E-state index contributed by atoms with van der Waals surface area (Å²) in [5.74, 6) is -1.21. The van der Waals surface area contributed by atoms with Crippen LogP contribution in [0.2, 0.25) is 0 Å². The van der Waals surface area contributed by atoms with E-state index in [2.05, 4.69) is 31.1 Å². The normalized spacial score (nSPS) is 10.7. The van der Waals surface area contributed by atoms with Crippen molar-refractivity contribution in [1.82, 2.24) is 20.4 Å². The standard InChI is InChI=1S/C23H21N7O3S/c1-14-15(2)34-23(26-14)27-20-19(30(32)33)21(25-13-24-20)28-29-22(31)18(16-9-5-3-6-10-16)17-11-7-4-8-12-17/h3-13,18H,1-2H3,(H,29,31)(H2,24,25,26,27,28). The van der Waals surface area contributed by atoms with E-state index >= 15 is 0 Å². The van der Waals surface area contributed by atoms with Gasteiger partial charge in [0.2, 0.25) is 17.5 Å². The molecule has 172 valence electrons. The molecule has 4 aromatic rings. The van der Waals surface area contributed by atoms with Crippen molar-refractivity contribution >= 4 is 39.7 Å². The van der Waals surface area contributed by atoms with Crippen LogP contribution in [-0.2, 0) is 4.79 Å². The lowest BCUT2D eigenvalue weighted by Crippen LogP contribution is -2.35. The zero-order valence-corrected chi connectivity index (χ0v) is 19.2. The molecule has 0 saturated heterocycles. The van der Waals surface area contributed by atoms with Crippen LogP contribution < -0.4 is 16.2 Å². The molecule has 0 radical (unpaired) electrons. The Bertz CT molecular complexity index is 1250. The molecular formula is C23H21N7O3S. The van der Waals surface area contributed by atoms with Gasteiger partial charge in [-0.1, -0.05) is 60.7 Å². The number of rotatable bonds is 8. The van der Waals surface area contributed by atoms with Crippen LogP contribution >= 0.6 is 11.3 Å². The van der Waals surface area contributed by atoms with Crippen molar-refractivity contribution in [3.05, 3.63) is 98.8 Å². The molecule has 0 spiro atoms. The van der Waals surface area contributed by atoms with Crippen LogP contribution in [0.4, 0.5) is 22.5 Å². The van der Waals surface area contributed by atoms with Crippen LogP contribution in [0.3, 0.4) is 0 Å². The van der Waals surface area contributed by atoms with E-state index in [1.54, 1.807) is 0 Å². The van der Waals surface area contributed by atoms with Gasteiger partial charge in [-0.15, -0.1) is 11.3 Å². The summed E-state index contributed by atoms with van der Waals surface area (Å²) in [5.41, 5.74) is 7.15. The van der Waals surface area contributed by atoms with Crippen molar-refractivity contribution in [2.24, 2.45) is 0 Å². The van der Waals surface area contributed by atoms with Crippen LogP contribution in [0.5, 0.6) is 0 Å². The number of hydrazine groups is 1. The minimum atomic E-state index is -0.630. The minimum absolute atomic E-state index is 0.0341. The number of aryl methyl sites for hydroxylation is 2. The predicted molar refractivity (Wildman–Crippen MR) is 130 cm³/mol. The topological polar surface area (TPSA) is 135 Å². The molecule has 10 nitrogen and oxygen atoms in total. The summed E-state index contributed by atoms with van der Waals surface area (Å²) in [5, 5.41) is 15.2. The Morgan fingerprint density at radius 1 is 0.971 bits per heavy atom. The van der Waals surface area contributed by atoms with Crippen LogP contribution in [0, 0.1) is 24.0 Å². The summed E-state index contributed by atoms with van der Waals surface area (Å²) in [6.07, 6.45) is 1.17. The molecule has 0 aliphatic carbocycles. The van der Waals surface area contributed by atoms with E-state index in [4.69, 9.17) is 0 Å². The first-order chi connectivity index (χ1) is 16.4. The van der Waals surface area contributed by atoms with Crippen LogP contribution in [0.25, 0.3) is 0 Å². The summed E-state index contributed by atoms with van der Waals surface area (Å²) in [4.78, 5) is 37.7. The fourth-order valence-corrected chi connectivity index (χ4v) is 4.15. The monoisotopic (exact) mass is 475 g/mol. The molecule has 2 aromatic carbocycles. The van der Waals surface area contributed by atoms with Crippen molar-refractivity contribution in [2.75, 3.05) is 10.7 Å². The van der Waals surface area contributed by atoms with Gasteiger partial charge >= 0.3 is 5.69 Å². The first-order valence-corrected chi connectivity index (χ1v) is 11.1. The highest BCUT2D eigenvalue weighted by atomic mass is 32.1. The average molecular weight is 476 g/mol. The molecule has 0 atom stereocenters. The molecular weight excluding hydrogens is 454 g/mol. The quantitative estimate of drug-likeness (QED) is 0.251. The molecule has 0 unspecified atom stereocenters. The third kappa shape index (κ3) is 4.99. The molecule has 11 heteroatoms. The highest BCUT2D eigenvalue weighted by Gasteiger charge is 2.27. The maximum atomic E-state index is 13.2. The fourth-order valence-electron chi connectivity index (χ4n) is 3.34. The van der Waals surface area contributed by atoms with E-state index in [9.17, 15) is 14.9 Å². The number of thiazole rings is 1. The number of amides is 1. The maximum absolute atomic E-state index is 13.2. The van der Waals surface area contributed by atoms with Gasteiger partial charge in [0.05, 0.1) is 16.5 Å². The van der Waals surface area contributed by atoms with E-state index in [0.717, 1.165) is 21.7 Å². The number of hydrogen-bond acceptors (Lipinski definition) is 9. The third-order valence-corrected chi connectivity index (χ3v) is 6.08. The van der Waals surface area contributed by atoms with Gasteiger partial charge in [-0.2, -0.15) is 0 Å². The van der Waals surface area contributed by atoms with Gasteiger partial charge in [0.1, 0.15) is 6.33 Å². The Morgan fingerprint density at radius 2 is 1.56 bits per heavy atom. The van der Waals surface area contributed by atoms with Crippen molar-refractivity contribution < 1.29 is 9.72 Å². The maximum Gasteiger partial charge on any atom is 0.355 e. The van der Waals surface area contributed by atoms with Crippen LogP contribution in [0.15, 0.2) is 67.0 Å². The Labute approximate surface area is 199 Å². The van der Waals surface area contributed by atoms with E-state index in [1.165, 1.54) is 17.7 Å². The molecule has 0 fully saturated rings. The molecule has 3 N–H and O–H groups in total. The minimum Gasteiger partial charge on any atom is -0.310 e. The second kappa shape index (κ2) is 10.0. The fraction of sp³-hybridized carbons (Fsp3) is 0.130. The van der Waals surface area contributed by atoms with Crippen molar-refractivity contribution in [3.63, 3.8) is 0 Å². The first kappa shape index (κ1) is 22.8. The second-order valence-electron chi connectivity index (χ2n) is 7.33. The smallest absolute Gasteiger partial charge is 0.310 e. The number of carbonyl (C=O) groups excluding carboxylic acids is 1. The number of carbonyl (C=O) groups is 1. The van der Waals surface area contributed by atoms with E-state index in [-0.39, 0.29) is 11.6 Å². The lowest BCUT2D eigenvalue weighted by Gasteiger charge is -2.18. The second-order valence-corrected chi connectivity index (χ2v) is 8.53. The highest BCUT2D eigenvalue weighted by Crippen LogP contribution is 2.33. The summed E-state index contributed by atoms with van der Waals surface area (Å²) >= 11 is 1.36. The number of hydrogen-bond donors (Lipinski definition) is 3. The lowest BCUT2D eigenvalue weighted by molar-refractivity contribution is -0.383. The predicted octanol–water partition coefficient (Wildman–Crippen LogP) is 4.48. The number of nitrogens with zero attached hydrogens (tertiary/aromatic N) is 4. The zero-order valence-electron chi connectivity index (χ0n) is 18.4. The zero-order chi connectivity index (χ0) is 24.1. The summed E-state index contributed by atoms with van der Waals surface area (Å²) in [6.45, 7) is 3.76. The molecule has 0 aliphatic rings. The van der Waals surface area contributed by atoms with Gasteiger partial charge in [0.25, 0.3) is 0 Å². The van der Waals surface area contributed by atoms with Gasteiger partial charge in [-0.25, -0.2) is 15.0 Å². The lowest BCUT2D eigenvalue weighted by atomic mass is 9.91. The molecule has 1 amide bonds. The van der Waals surface area contributed by atoms with Gasteiger partial charge in [-0.05, 0) is 25.0 Å². The van der Waals surface area contributed by atoms with Crippen molar-refractivity contribution in [3.8, 4) is 0 Å². The summed E-state index contributed by atoms with van der Waals surface area (Å²) < 4.78 is 0. The van der Waals surface area contributed by atoms with Crippen LogP contribution in [-0.4, -0.2) is 25.8 Å². The first-order valence-electron chi connectivity index (χ1n) is 10.3. The van der Waals surface area contributed by atoms with Crippen molar-refractivity contribution in [2.45, 2.75) is 19.8 Å². The highest BCUT2D eigenvalue weighted by molar-refractivity contribution is 7.15. The summed E-state index contributed by atoms with van der Waals surface area (Å²) in [6, 6.07) is 18.5. The van der Waals surface area contributed by atoms with Crippen molar-refractivity contribution in [1.29, 1.82) is 0 Å². The summed E-state index contributed by atoms with van der Waals surface area (Å²) in [7, 11) is 0. The van der Waals surface area contributed by atoms with E-state index in [0.29, 0.717) is 5.13 Å². The Balaban J connectivity index is 1.59. The average Bonchev–Trinajstić information content (AvgIpc) is 3.15. The molecule has 0 saturated carbocycles. The van der Waals surface area contributed by atoms with Gasteiger partial charge < -0.3 is 5.32 Å². The van der Waals surface area contributed by atoms with Gasteiger partial charge in [-0.3, -0.25) is 25.8 Å². The Kier molecular flexibility index (Phi) is 6.74. The van der Waals surface area contributed by atoms with Gasteiger partial charge in [0.15, 0.2) is 5.13 Å². The molecule has 2 aromatic heterocycles. The molecule has 0 aliphatic heterocycles. The Morgan fingerprint density at radius 3 is 2.09 bits per heavy atom.